The van der Waals surface area contributed by atoms with Crippen LogP contribution in [0.15, 0.2) is 108 Å². The fraction of sp³-hybridized carbons (Fsp3) is 0.278. The molecule has 1 fully saturated rings. The van der Waals surface area contributed by atoms with Crippen molar-refractivity contribution in [2.45, 2.75) is 49.9 Å². The van der Waals surface area contributed by atoms with Gasteiger partial charge in [0, 0.05) is 29.2 Å². The number of nitrogens with one attached hydrogen (secondary N) is 2. The van der Waals surface area contributed by atoms with Crippen LogP contribution in [-0.4, -0.2) is 42.1 Å². The maximum atomic E-state index is 12.1. The Kier molecular flexibility index (Phi) is 11.6. The molecule has 0 aromatic heterocycles. The second-order valence-electron chi connectivity index (χ2n) is 10.6. The highest BCUT2D eigenvalue weighted by molar-refractivity contribution is 7.99. The van der Waals surface area contributed by atoms with Crippen molar-refractivity contribution < 1.29 is 28.9 Å². The number of hydrogen-bond donors (Lipinski definition) is 3. The van der Waals surface area contributed by atoms with Gasteiger partial charge in [-0.1, -0.05) is 78.9 Å². The highest BCUT2D eigenvalue weighted by Crippen LogP contribution is 2.40. The Labute approximate surface area is 268 Å². The number of aliphatic hydroxyl groups is 1. The summed E-state index contributed by atoms with van der Waals surface area (Å²) in [4.78, 5) is 24.8. The Hall–Kier alpha value is -4.15. The zero-order valence-electron chi connectivity index (χ0n) is 25.2. The van der Waals surface area contributed by atoms with Gasteiger partial charge in [-0.05, 0) is 59.0 Å². The Morgan fingerprint density at radius 2 is 1.60 bits per heavy atom. The molecule has 234 valence electrons. The maximum Gasteiger partial charge on any atom is 0.325 e. The average molecular weight is 627 g/mol. The standard InChI is InChI=1S/C36H38N2O6S/c1-2-42-34(40)22-38-36(41)37-21-26-8-6-9-28(18-26)29-10-7-11-30(19-29)35-43-31(24-45-32-12-4-3-5-13-32)20-33(44-35)27-16-14-25(23-39)15-17-27/h3-19,31,33,35,39H,2,20-24H2,1H3,(H2,37,38,41)/t31-,33+,35+/m1/s1. The van der Waals surface area contributed by atoms with E-state index in [1.165, 1.54) is 4.90 Å². The van der Waals surface area contributed by atoms with Crippen molar-refractivity contribution in [3.05, 3.63) is 125 Å². The van der Waals surface area contributed by atoms with E-state index < -0.39 is 18.3 Å². The maximum absolute atomic E-state index is 12.1. The van der Waals surface area contributed by atoms with Crippen molar-refractivity contribution in [1.82, 2.24) is 10.6 Å². The second kappa shape index (κ2) is 16.2. The van der Waals surface area contributed by atoms with Crippen molar-refractivity contribution >= 4 is 23.8 Å². The first-order chi connectivity index (χ1) is 22.0. The molecule has 9 heteroatoms. The Morgan fingerprint density at radius 3 is 2.36 bits per heavy atom. The number of esters is 1. The minimum atomic E-state index is -0.560. The number of amides is 2. The lowest BCUT2D eigenvalue weighted by Crippen LogP contribution is -2.38. The lowest BCUT2D eigenvalue weighted by atomic mass is 9.99. The molecule has 3 atom stereocenters. The van der Waals surface area contributed by atoms with Crippen LogP contribution < -0.4 is 10.6 Å². The minimum Gasteiger partial charge on any atom is -0.465 e. The molecule has 1 heterocycles. The summed E-state index contributed by atoms with van der Waals surface area (Å²) >= 11 is 1.77. The number of carbonyl (C=O) groups excluding carboxylic acids is 2. The number of urea groups is 1. The Bertz CT molecular complexity index is 1550. The van der Waals surface area contributed by atoms with Crippen LogP contribution in [0.5, 0.6) is 0 Å². The van der Waals surface area contributed by atoms with Gasteiger partial charge in [-0.2, -0.15) is 0 Å². The molecule has 4 aromatic rings. The normalized spacial score (nSPS) is 17.8. The van der Waals surface area contributed by atoms with E-state index in [4.69, 9.17) is 14.2 Å². The molecular weight excluding hydrogens is 588 g/mol. The molecule has 0 aliphatic carbocycles. The summed E-state index contributed by atoms with van der Waals surface area (Å²) in [6.45, 7) is 2.10. The Morgan fingerprint density at radius 1 is 0.844 bits per heavy atom. The van der Waals surface area contributed by atoms with E-state index >= 15 is 0 Å². The lowest BCUT2D eigenvalue weighted by molar-refractivity contribution is -0.245. The van der Waals surface area contributed by atoms with E-state index in [2.05, 4.69) is 28.8 Å². The van der Waals surface area contributed by atoms with Crippen molar-refractivity contribution in [2.24, 2.45) is 0 Å². The summed E-state index contributed by atoms with van der Waals surface area (Å²) in [5.74, 6) is 0.310. The smallest absolute Gasteiger partial charge is 0.325 e. The fourth-order valence-corrected chi connectivity index (χ4v) is 6.01. The molecule has 0 radical (unpaired) electrons. The van der Waals surface area contributed by atoms with Gasteiger partial charge < -0.3 is 30.0 Å². The number of thioether (sulfide) groups is 1. The van der Waals surface area contributed by atoms with Gasteiger partial charge in [0.25, 0.3) is 0 Å². The third kappa shape index (κ3) is 9.42. The van der Waals surface area contributed by atoms with Gasteiger partial charge in [0.2, 0.25) is 0 Å². The summed E-state index contributed by atoms with van der Waals surface area (Å²) in [6, 6.07) is 33.9. The van der Waals surface area contributed by atoms with Gasteiger partial charge in [0.15, 0.2) is 6.29 Å². The molecule has 1 saturated heterocycles. The first kappa shape index (κ1) is 32.2. The van der Waals surface area contributed by atoms with E-state index in [9.17, 15) is 14.7 Å². The van der Waals surface area contributed by atoms with E-state index in [-0.39, 0.29) is 32.0 Å². The van der Waals surface area contributed by atoms with Crippen LogP contribution in [0.25, 0.3) is 11.1 Å². The molecule has 1 aliphatic heterocycles. The topological polar surface area (TPSA) is 106 Å². The molecule has 2 amide bonds. The monoisotopic (exact) mass is 626 g/mol. The van der Waals surface area contributed by atoms with Gasteiger partial charge in [0.05, 0.1) is 25.4 Å². The van der Waals surface area contributed by atoms with E-state index in [0.717, 1.165) is 45.6 Å². The van der Waals surface area contributed by atoms with Gasteiger partial charge in [-0.25, -0.2) is 4.79 Å². The lowest BCUT2D eigenvalue weighted by Gasteiger charge is -2.36. The first-order valence-electron chi connectivity index (χ1n) is 15.1. The molecule has 5 rings (SSSR count). The number of carbonyl (C=O) groups is 2. The van der Waals surface area contributed by atoms with Crippen molar-refractivity contribution in [3.8, 4) is 11.1 Å². The van der Waals surface area contributed by atoms with Crippen LogP contribution in [0.3, 0.4) is 0 Å². The van der Waals surface area contributed by atoms with Gasteiger partial charge in [0.1, 0.15) is 6.54 Å². The van der Waals surface area contributed by atoms with Crippen LogP contribution in [0.2, 0.25) is 0 Å². The summed E-state index contributed by atoms with van der Waals surface area (Å²) in [6.07, 6.45) is -0.0392. The third-order valence-corrected chi connectivity index (χ3v) is 8.51. The Balaban J connectivity index is 1.29. The number of rotatable bonds is 12. The second-order valence-corrected chi connectivity index (χ2v) is 11.7. The molecule has 3 N–H and O–H groups in total. The summed E-state index contributed by atoms with van der Waals surface area (Å²) in [5.41, 5.74) is 5.74. The largest absolute Gasteiger partial charge is 0.465 e. The van der Waals surface area contributed by atoms with Crippen molar-refractivity contribution in [1.29, 1.82) is 0 Å². The first-order valence-corrected chi connectivity index (χ1v) is 16.0. The predicted octanol–water partition coefficient (Wildman–Crippen LogP) is 6.55. The number of benzene rings is 4. The number of aliphatic hydroxyl groups excluding tert-OH is 1. The SMILES string of the molecule is CCOC(=O)CNC(=O)NCc1cccc(-c2cccc([C@H]3O[C@@H](CSc4ccccc4)C[C@@H](c4ccc(CO)cc4)O3)c2)c1. The highest BCUT2D eigenvalue weighted by atomic mass is 32.2. The average Bonchev–Trinajstić information content (AvgIpc) is 3.09. The zero-order valence-corrected chi connectivity index (χ0v) is 26.0. The molecule has 45 heavy (non-hydrogen) atoms. The van der Waals surface area contributed by atoms with Gasteiger partial charge in [-0.15, -0.1) is 11.8 Å². The molecule has 4 aromatic carbocycles. The van der Waals surface area contributed by atoms with Crippen molar-refractivity contribution in [3.63, 3.8) is 0 Å². The van der Waals surface area contributed by atoms with Crippen LogP contribution >= 0.6 is 11.8 Å². The quantitative estimate of drug-likeness (QED) is 0.121. The van der Waals surface area contributed by atoms with E-state index in [1.807, 2.05) is 84.9 Å². The van der Waals surface area contributed by atoms with Crippen LogP contribution in [0.4, 0.5) is 4.79 Å². The third-order valence-electron chi connectivity index (χ3n) is 7.36. The van der Waals surface area contributed by atoms with E-state index in [0.29, 0.717) is 6.54 Å². The molecule has 1 aliphatic rings. The molecule has 0 bridgehead atoms. The zero-order chi connectivity index (χ0) is 31.4. The molecule has 0 saturated carbocycles. The predicted molar refractivity (Wildman–Crippen MR) is 174 cm³/mol. The summed E-state index contributed by atoms with van der Waals surface area (Å²) < 4.78 is 18.0. The molecule has 0 spiro atoms. The van der Waals surface area contributed by atoms with Crippen LogP contribution in [0.1, 0.15) is 48.0 Å². The number of hydrogen-bond acceptors (Lipinski definition) is 7. The van der Waals surface area contributed by atoms with E-state index in [1.54, 1.807) is 18.7 Å². The van der Waals surface area contributed by atoms with Crippen molar-refractivity contribution in [2.75, 3.05) is 18.9 Å². The summed E-state index contributed by atoms with van der Waals surface area (Å²) in [7, 11) is 0. The van der Waals surface area contributed by atoms with Gasteiger partial charge >= 0.3 is 12.0 Å². The highest BCUT2D eigenvalue weighted by Gasteiger charge is 2.32. The fourth-order valence-electron chi connectivity index (χ4n) is 5.06. The summed E-state index contributed by atoms with van der Waals surface area (Å²) in [5, 5.41) is 14.8. The minimum absolute atomic E-state index is 0.000612. The number of ether oxygens (including phenoxy) is 3. The molecular formula is C36H38N2O6S. The molecule has 8 nitrogen and oxygen atoms in total. The molecule has 0 unspecified atom stereocenters. The van der Waals surface area contributed by atoms with Gasteiger partial charge in [-0.3, -0.25) is 4.79 Å². The van der Waals surface area contributed by atoms with Crippen LogP contribution in [-0.2, 0) is 32.2 Å². The van der Waals surface area contributed by atoms with Crippen LogP contribution in [0, 0.1) is 0 Å².